The van der Waals surface area contributed by atoms with Crippen molar-refractivity contribution < 1.29 is 9.57 Å². The van der Waals surface area contributed by atoms with E-state index in [9.17, 15) is 0 Å². The van der Waals surface area contributed by atoms with Gasteiger partial charge in [0.25, 0.3) is 0 Å². The minimum Gasteiger partial charge on any atom is -0.356 e. The lowest BCUT2D eigenvalue weighted by atomic mass is 10.1. The van der Waals surface area contributed by atoms with Crippen LogP contribution in [-0.4, -0.2) is 24.4 Å². The first-order valence-corrected chi connectivity index (χ1v) is 5.73. The van der Waals surface area contributed by atoms with E-state index in [0.29, 0.717) is 12.5 Å². The lowest BCUT2D eigenvalue weighted by Crippen LogP contribution is -2.30. The zero-order chi connectivity index (χ0) is 11.5. The van der Waals surface area contributed by atoms with Crippen LogP contribution in [0.4, 0.5) is 0 Å². The Hall–Kier alpha value is -0.900. The fourth-order valence-corrected chi connectivity index (χ4v) is 1.99. The van der Waals surface area contributed by atoms with Gasteiger partial charge in [-0.25, -0.2) is 0 Å². The predicted molar refractivity (Wildman–Crippen MR) is 62.5 cm³/mol. The van der Waals surface area contributed by atoms with Crippen LogP contribution in [0.3, 0.4) is 0 Å². The van der Waals surface area contributed by atoms with Crippen LogP contribution >= 0.6 is 0 Å². The van der Waals surface area contributed by atoms with Crippen molar-refractivity contribution >= 4 is 0 Å². The third-order valence-electron chi connectivity index (χ3n) is 3.14. The van der Waals surface area contributed by atoms with E-state index >= 15 is 0 Å². The average molecular weight is 221 g/mol. The van der Waals surface area contributed by atoms with Crippen molar-refractivity contribution in [2.24, 2.45) is 5.92 Å². The lowest BCUT2D eigenvalue weighted by molar-refractivity contribution is -0.198. The predicted octanol–water partition coefficient (Wildman–Crippen LogP) is 2.43. The van der Waals surface area contributed by atoms with E-state index in [1.165, 1.54) is 5.56 Å². The van der Waals surface area contributed by atoms with Gasteiger partial charge in [-0.2, -0.15) is 5.06 Å². The summed E-state index contributed by atoms with van der Waals surface area (Å²) < 4.78 is 5.88. The molecule has 1 aliphatic rings. The van der Waals surface area contributed by atoms with Crippen molar-refractivity contribution in [2.75, 3.05) is 7.05 Å². The van der Waals surface area contributed by atoms with Crippen molar-refractivity contribution in [1.82, 2.24) is 5.06 Å². The topological polar surface area (TPSA) is 21.7 Å². The van der Waals surface area contributed by atoms with E-state index in [0.717, 1.165) is 0 Å². The van der Waals surface area contributed by atoms with Crippen LogP contribution in [0, 0.1) is 5.92 Å². The minimum absolute atomic E-state index is 0.0511. The molecule has 3 nitrogen and oxygen atoms in total. The Bertz CT molecular complexity index is 328. The molecule has 88 valence electrons. The SMILES string of the molecule is CC1ON(C)C(OCc2ccccc2)C1C. The van der Waals surface area contributed by atoms with E-state index in [-0.39, 0.29) is 12.3 Å². The van der Waals surface area contributed by atoms with Gasteiger partial charge in [0.2, 0.25) is 0 Å². The maximum absolute atomic E-state index is 5.88. The van der Waals surface area contributed by atoms with Crippen molar-refractivity contribution in [3.05, 3.63) is 35.9 Å². The average Bonchev–Trinajstić information content (AvgIpc) is 2.53. The van der Waals surface area contributed by atoms with Crippen molar-refractivity contribution in [2.45, 2.75) is 32.8 Å². The molecule has 0 saturated carbocycles. The summed E-state index contributed by atoms with van der Waals surface area (Å²) in [5.74, 6) is 0.397. The minimum atomic E-state index is 0.0511. The van der Waals surface area contributed by atoms with E-state index in [1.807, 2.05) is 30.3 Å². The number of nitrogens with zero attached hydrogens (tertiary/aromatic N) is 1. The first kappa shape index (κ1) is 11.6. The number of hydrogen-bond donors (Lipinski definition) is 0. The number of ether oxygens (including phenoxy) is 1. The molecule has 0 spiro atoms. The Labute approximate surface area is 96.9 Å². The molecule has 3 heteroatoms. The van der Waals surface area contributed by atoms with Gasteiger partial charge in [-0.15, -0.1) is 0 Å². The molecular formula is C13H19NO2. The van der Waals surface area contributed by atoms with Crippen LogP contribution in [0.2, 0.25) is 0 Å². The zero-order valence-corrected chi connectivity index (χ0v) is 10.1. The van der Waals surface area contributed by atoms with Gasteiger partial charge in [0.15, 0.2) is 0 Å². The Morgan fingerprint density at radius 2 is 1.94 bits per heavy atom. The van der Waals surface area contributed by atoms with Crippen molar-refractivity contribution in [1.29, 1.82) is 0 Å². The van der Waals surface area contributed by atoms with Gasteiger partial charge in [0, 0.05) is 13.0 Å². The van der Waals surface area contributed by atoms with E-state index in [4.69, 9.17) is 9.57 Å². The standard InChI is InChI=1S/C13H19NO2/c1-10-11(2)16-14(3)13(10)15-9-12-7-5-4-6-8-12/h4-8,10-11,13H,9H2,1-3H3. The Balaban J connectivity index is 1.91. The molecular weight excluding hydrogens is 202 g/mol. The van der Waals surface area contributed by atoms with Gasteiger partial charge in [-0.05, 0) is 12.5 Å². The fraction of sp³-hybridized carbons (Fsp3) is 0.538. The summed E-state index contributed by atoms with van der Waals surface area (Å²) in [7, 11) is 1.93. The van der Waals surface area contributed by atoms with Crippen LogP contribution in [-0.2, 0) is 16.2 Å². The van der Waals surface area contributed by atoms with Crippen molar-refractivity contribution in [3.63, 3.8) is 0 Å². The normalized spacial score (nSPS) is 30.8. The second kappa shape index (κ2) is 4.95. The molecule has 1 saturated heterocycles. The molecule has 0 bridgehead atoms. The molecule has 1 aliphatic heterocycles. The fourth-order valence-electron chi connectivity index (χ4n) is 1.99. The van der Waals surface area contributed by atoms with Gasteiger partial charge in [0.1, 0.15) is 6.23 Å². The van der Waals surface area contributed by atoms with Crippen molar-refractivity contribution in [3.8, 4) is 0 Å². The highest BCUT2D eigenvalue weighted by molar-refractivity contribution is 5.13. The summed E-state index contributed by atoms with van der Waals surface area (Å²) in [6.07, 6.45) is 0.279. The van der Waals surface area contributed by atoms with Gasteiger partial charge in [0.05, 0.1) is 12.7 Å². The smallest absolute Gasteiger partial charge is 0.138 e. The summed E-state index contributed by atoms with van der Waals surface area (Å²) in [4.78, 5) is 5.58. The van der Waals surface area contributed by atoms with Crippen LogP contribution in [0.15, 0.2) is 30.3 Å². The summed E-state index contributed by atoms with van der Waals surface area (Å²) >= 11 is 0. The number of benzene rings is 1. The molecule has 0 N–H and O–H groups in total. The molecule has 0 aromatic heterocycles. The Kier molecular flexibility index (Phi) is 3.59. The van der Waals surface area contributed by atoms with E-state index in [2.05, 4.69) is 26.0 Å². The second-order valence-corrected chi connectivity index (χ2v) is 4.40. The highest BCUT2D eigenvalue weighted by Gasteiger charge is 2.36. The molecule has 0 radical (unpaired) electrons. The Morgan fingerprint density at radius 1 is 1.25 bits per heavy atom. The van der Waals surface area contributed by atoms with E-state index in [1.54, 1.807) is 0 Å². The number of hydrogen-bond acceptors (Lipinski definition) is 3. The lowest BCUT2D eigenvalue weighted by Gasteiger charge is -2.20. The molecule has 1 fully saturated rings. The third kappa shape index (κ3) is 2.43. The summed E-state index contributed by atoms with van der Waals surface area (Å²) in [5.41, 5.74) is 1.20. The molecule has 1 aromatic rings. The molecule has 3 unspecified atom stereocenters. The van der Waals surface area contributed by atoms with Gasteiger partial charge in [-0.3, -0.25) is 4.84 Å². The van der Waals surface area contributed by atoms with Gasteiger partial charge in [-0.1, -0.05) is 37.3 Å². The summed E-state index contributed by atoms with van der Waals surface area (Å²) in [6.45, 7) is 4.87. The molecule has 1 heterocycles. The van der Waals surface area contributed by atoms with Crippen LogP contribution in [0.25, 0.3) is 0 Å². The number of rotatable bonds is 3. The maximum Gasteiger partial charge on any atom is 0.138 e. The highest BCUT2D eigenvalue weighted by Crippen LogP contribution is 2.26. The van der Waals surface area contributed by atoms with Gasteiger partial charge >= 0.3 is 0 Å². The quantitative estimate of drug-likeness (QED) is 0.782. The first-order chi connectivity index (χ1) is 7.68. The largest absolute Gasteiger partial charge is 0.356 e. The molecule has 16 heavy (non-hydrogen) atoms. The second-order valence-electron chi connectivity index (χ2n) is 4.40. The summed E-state index contributed by atoms with van der Waals surface area (Å²) in [5, 5.41) is 1.82. The molecule has 0 amide bonds. The van der Waals surface area contributed by atoms with Crippen LogP contribution < -0.4 is 0 Å². The van der Waals surface area contributed by atoms with E-state index < -0.39 is 0 Å². The molecule has 0 aliphatic carbocycles. The summed E-state index contributed by atoms with van der Waals surface area (Å²) in [6, 6.07) is 10.2. The van der Waals surface area contributed by atoms with Crippen LogP contribution in [0.1, 0.15) is 19.4 Å². The Morgan fingerprint density at radius 3 is 2.50 bits per heavy atom. The first-order valence-electron chi connectivity index (χ1n) is 5.73. The monoisotopic (exact) mass is 221 g/mol. The zero-order valence-electron chi connectivity index (χ0n) is 10.1. The molecule has 1 aromatic carbocycles. The maximum atomic E-state index is 5.88. The number of hydroxylamine groups is 2. The molecule has 3 atom stereocenters. The van der Waals surface area contributed by atoms with Gasteiger partial charge < -0.3 is 4.74 Å². The third-order valence-corrected chi connectivity index (χ3v) is 3.14. The highest BCUT2D eigenvalue weighted by atomic mass is 16.7. The van der Waals surface area contributed by atoms with Crippen LogP contribution in [0.5, 0.6) is 0 Å². The molecule has 2 rings (SSSR count).